The molecular weight excluding hydrogens is 352 g/mol. The number of amides is 1. The summed E-state index contributed by atoms with van der Waals surface area (Å²) in [6.45, 7) is 2.61. The first-order chi connectivity index (χ1) is 10.0. The van der Waals surface area contributed by atoms with Crippen molar-refractivity contribution in [3.05, 3.63) is 57.5 Å². The summed E-state index contributed by atoms with van der Waals surface area (Å²) in [5.74, 6) is -0.0315. The number of anilines is 2. The van der Waals surface area contributed by atoms with Crippen molar-refractivity contribution >= 4 is 44.8 Å². The molecule has 2 aromatic rings. The van der Waals surface area contributed by atoms with E-state index in [1.807, 2.05) is 25.1 Å². The smallest absolute Gasteiger partial charge is 0.226 e. The fraction of sp³-hybridized carbons (Fsp3) is 0.188. The van der Waals surface area contributed by atoms with Crippen LogP contribution in [-0.4, -0.2) is 12.5 Å². The number of aryl methyl sites for hydroxylation is 1. The zero-order chi connectivity index (χ0) is 15.2. The van der Waals surface area contributed by atoms with Crippen LogP contribution in [0.1, 0.15) is 12.0 Å². The molecule has 0 atom stereocenters. The van der Waals surface area contributed by atoms with Crippen molar-refractivity contribution in [2.45, 2.75) is 13.3 Å². The number of benzene rings is 2. The molecule has 2 rings (SSSR count). The predicted octanol–water partition coefficient (Wildman–Crippen LogP) is 4.85. The fourth-order valence-electron chi connectivity index (χ4n) is 1.78. The first-order valence-corrected chi connectivity index (χ1v) is 7.77. The second-order valence-corrected chi connectivity index (χ2v) is 5.99. The summed E-state index contributed by atoms with van der Waals surface area (Å²) in [4.78, 5) is 11.8. The van der Waals surface area contributed by atoms with Gasteiger partial charge in [-0.1, -0.05) is 33.6 Å². The molecule has 0 unspecified atom stereocenters. The van der Waals surface area contributed by atoms with Gasteiger partial charge < -0.3 is 10.6 Å². The third-order valence-electron chi connectivity index (χ3n) is 2.98. The Kier molecular flexibility index (Phi) is 5.65. The van der Waals surface area contributed by atoms with E-state index >= 15 is 0 Å². The largest absolute Gasteiger partial charge is 0.384 e. The number of carbonyl (C=O) groups excluding carboxylic acids is 1. The molecule has 110 valence electrons. The molecule has 1 amide bonds. The number of hydrogen-bond donors (Lipinski definition) is 2. The first kappa shape index (κ1) is 15.9. The van der Waals surface area contributed by atoms with Gasteiger partial charge in [0, 0.05) is 33.8 Å². The van der Waals surface area contributed by atoms with Crippen molar-refractivity contribution in [2.75, 3.05) is 17.2 Å². The molecule has 21 heavy (non-hydrogen) atoms. The second kappa shape index (κ2) is 7.48. The van der Waals surface area contributed by atoms with Gasteiger partial charge in [-0.2, -0.15) is 0 Å². The molecule has 0 bridgehead atoms. The predicted molar refractivity (Wildman–Crippen MR) is 92.1 cm³/mol. The molecule has 0 aliphatic carbocycles. The van der Waals surface area contributed by atoms with E-state index in [-0.39, 0.29) is 5.91 Å². The van der Waals surface area contributed by atoms with Crippen LogP contribution in [0.2, 0.25) is 5.02 Å². The van der Waals surface area contributed by atoms with E-state index in [1.165, 1.54) is 5.56 Å². The number of hydrogen-bond acceptors (Lipinski definition) is 2. The van der Waals surface area contributed by atoms with Gasteiger partial charge in [0.25, 0.3) is 0 Å². The summed E-state index contributed by atoms with van der Waals surface area (Å²) in [6, 6.07) is 13.1. The number of nitrogens with one attached hydrogen (secondary N) is 2. The third-order valence-corrected chi connectivity index (χ3v) is 4.09. The van der Waals surface area contributed by atoms with Crippen LogP contribution in [0.15, 0.2) is 46.9 Å². The van der Waals surface area contributed by atoms with Crippen LogP contribution in [0.4, 0.5) is 11.4 Å². The van der Waals surface area contributed by atoms with Crippen molar-refractivity contribution in [1.82, 2.24) is 0 Å². The van der Waals surface area contributed by atoms with Gasteiger partial charge >= 0.3 is 0 Å². The number of carbonyl (C=O) groups is 1. The third kappa shape index (κ3) is 5.06. The Morgan fingerprint density at radius 2 is 1.81 bits per heavy atom. The monoisotopic (exact) mass is 366 g/mol. The maximum absolute atomic E-state index is 11.8. The number of rotatable bonds is 5. The van der Waals surface area contributed by atoms with Gasteiger partial charge in [-0.3, -0.25) is 4.79 Å². The molecule has 0 saturated carbocycles. The van der Waals surface area contributed by atoms with E-state index in [0.717, 1.165) is 15.8 Å². The van der Waals surface area contributed by atoms with E-state index in [4.69, 9.17) is 11.6 Å². The molecule has 2 aromatic carbocycles. The van der Waals surface area contributed by atoms with Gasteiger partial charge in [-0.15, -0.1) is 0 Å². The van der Waals surface area contributed by atoms with Crippen LogP contribution in [-0.2, 0) is 4.79 Å². The van der Waals surface area contributed by atoms with Crippen molar-refractivity contribution in [2.24, 2.45) is 0 Å². The molecule has 0 spiro atoms. The van der Waals surface area contributed by atoms with Crippen LogP contribution < -0.4 is 10.6 Å². The average Bonchev–Trinajstić information content (AvgIpc) is 2.45. The lowest BCUT2D eigenvalue weighted by Gasteiger charge is -2.09. The van der Waals surface area contributed by atoms with Crippen molar-refractivity contribution in [3.63, 3.8) is 0 Å². The summed E-state index contributed by atoms with van der Waals surface area (Å²) in [5.41, 5.74) is 2.93. The average molecular weight is 368 g/mol. The lowest BCUT2D eigenvalue weighted by Crippen LogP contribution is -2.16. The Balaban J connectivity index is 1.78. The minimum Gasteiger partial charge on any atom is -0.384 e. The minimum absolute atomic E-state index is 0.0315. The molecule has 5 heteroatoms. The summed E-state index contributed by atoms with van der Waals surface area (Å²) >= 11 is 9.28. The van der Waals surface area contributed by atoms with E-state index < -0.39 is 0 Å². The van der Waals surface area contributed by atoms with Crippen LogP contribution in [0, 0.1) is 6.92 Å². The molecule has 0 aliphatic heterocycles. The Bertz CT molecular complexity index is 629. The second-order valence-electron chi connectivity index (χ2n) is 4.70. The summed E-state index contributed by atoms with van der Waals surface area (Å²) in [6.07, 6.45) is 0.397. The molecule has 0 aromatic heterocycles. The number of halogens is 2. The van der Waals surface area contributed by atoms with Gasteiger partial charge in [-0.05, 0) is 48.9 Å². The van der Waals surface area contributed by atoms with Crippen LogP contribution >= 0.6 is 27.5 Å². The van der Waals surface area contributed by atoms with E-state index in [2.05, 4.69) is 26.6 Å². The zero-order valence-corrected chi connectivity index (χ0v) is 14.0. The van der Waals surface area contributed by atoms with Gasteiger partial charge in [0.05, 0.1) is 0 Å². The topological polar surface area (TPSA) is 41.1 Å². The lowest BCUT2D eigenvalue weighted by atomic mass is 10.2. The van der Waals surface area contributed by atoms with Crippen LogP contribution in [0.5, 0.6) is 0 Å². The highest BCUT2D eigenvalue weighted by atomic mass is 79.9. The Morgan fingerprint density at radius 1 is 1.14 bits per heavy atom. The van der Waals surface area contributed by atoms with Gasteiger partial charge in [0.1, 0.15) is 0 Å². The SMILES string of the molecule is Cc1ccc(NCCC(=O)Nc2ccc(Cl)cc2)cc1Br. The highest BCUT2D eigenvalue weighted by molar-refractivity contribution is 9.10. The van der Waals surface area contributed by atoms with Gasteiger partial charge in [-0.25, -0.2) is 0 Å². The normalized spacial score (nSPS) is 10.2. The molecule has 0 heterocycles. The molecule has 0 fully saturated rings. The minimum atomic E-state index is -0.0315. The quantitative estimate of drug-likeness (QED) is 0.793. The molecular formula is C16H16BrClN2O. The molecule has 0 saturated heterocycles. The van der Waals surface area contributed by atoms with E-state index in [1.54, 1.807) is 24.3 Å². The highest BCUT2D eigenvalue weighted by Gasteiger charge is 2.03. The lowest BCUT2D eigenvalue weighted by molar-refractivity contribution is -0.115. The zero-order valence-electron chi connectivity index (χ0n) is 11.6. The van der Waals surface area contributed by atoms with Crippen molar-refractivity contribution < 1.29 is 4.79 Å². The van der Waals surface area contributed by atoms with Crippen LogP contribution in [0.25, 0.3) is 0 Å². The molecule has 3 nitrogen and oxygen atoms in total. The Morgan fingerprint density at radius 3 is 2.48 bits per heavy atom. The van der Waals surface area contributed by atoms with Crippen LogP contribution in [0.3, 0.4) is 0 Å². The molecule has 0 radical (unpaired) electrons. The Hall–Kier alpha value is -1.52. The standard InChI is InChI=1S/C16H16BrClN2O/c1-11-2-5-14(10-15(11)17)19-9-8-16(21)20-13-6-3-12(18)4-7-13/h2-7,10,19H,8-9H2,1H3,(H,20,21). The summed E-state index contributed by atoms with van der Waals surface area (Å²) in [5, 5.41) is 6.71. The maximum atomic E-state index is 11.8. The fourth-order valence-corrected chi connectivity index (χ4v) is 2.28. The highest BCUT2D eigenvalue weighted by Crippen LogP contribution is 2.20. The van der Waals surface area contributed by atoms with Gasteiger partial charge in [0.15, 0.2) is 0 Å². The first-order valence-electron chi connectivity index (χ1n) is 6.60. The molecule has 2 N–H and O–H groups in total. The van der Waals surface area contributed by atoms with Crippen molar-refractivity contribution in [1.29, 1.82) is 0 Å². The molecule has 0 aliphatic rings. The summed E-state index contributed by atoms with van der Waals surface area (Å²) < 4.78 is 1.05. The van der Waals surface area contributed by atoms with E-state index in [9.17, 15) is 4.79 Å². The van der Waals surface area contributed by atoms with Gasteiger partial charge in [0.2, 0.25) is 5.91 Å². The maximum Gasteiger partial charge on any atom is 0.226 e. The van der Waals surface area contributed by atoms with E-state index in [0.29, 0.717) is 18.0 Å². The summed E-state index contributed by atoms with van der Waals surface area (Å²) in [7, 11) is 0. The van der Waals surface area contributed by atoms with Crippen molar-refractivity contribution in [3.8, 4) is 0 Å². The Labute approximate surface area is 137 Å².